The summed E-state index contributed by atoms with van der Waals surface area (Å²) in [5.74, 6) is 2.43. The molecule has 1 spiro atoms. The van der Waals surface area contributed by atoms with Gasteiger partial charge in [0.1, 0.15) is 0 Å². The summed E-state index contributed by atoms with van der Waals surface area (Å²) >= 11 is 1.97. The van der Waals surface area contributed by atoms with Gasteiger partial charge in [-0.1, -0.05) is 128 Å². The highest BCUT2D eigenvalue weighted by atomic mass is 32.1. The Bertz CT molecular complexity index is 2630. The van der Waals surface area contributed by atoms with E-state index in [9.17, 15) is 0 Å². The van der Waals surface area contributed by atoms with Gasteiger partial charge < -0.3 is 0 Å². The predicted molar refractivity (Wildman–Crippen MR) is 230 cm³/mol. The first-order valence-electron chi connectivity index (χ1n) is 20.3. The maximum Gasteiger partial charge on any atom is 0.0372 e. The van der Waals surface area contributed by atoms with E-state index >= 15 is 0 Å². The molecule has 6 aromatic rings. The highest BCUT2D eigenvalue weighted by molar-refractivity contribution is 7.20. The summed E-state index contributed by atoms with van der Waals surface area (Å²) in [6.07, 6.45) is 19.6. The Kier molecular flexibility index (Phi) is 7.60. The van der Waals surface area contributed by atoms with Gasteiger partial charge in [-0.05, 0) is 154 Å². The summed E-state index contributed by atoms with van der Waals surface area (Å²) in [6, 6.07) is 41.2. The Morgan fingerprint density at radius 3 is 2.24 bits per heavy atom. The molecule has 1 heteroatoms. The van der Waals surface area contributed by atoms with Crippen LogP contribution in [0.1, 0.15) is 73.4 Å². The third-order valence-electron chi connectivity index (χ3n) is 13.8. The monoisotopic (exact) mass is 712 g/mol. The zero-order valence-corrected chi connectivity index (χ0v) is 31.8. The molecule has 1 heterocycles. The highest BCUT2D eigenvalue weighted by Crippen LogP contribution is 2.65. The van der Waals surface area contributed by atoms with E-state index in [1.165, 1.54) is 120 Å². The summed E-state index contributed by atoms with van der Waals surface area (Å²) < 4.78 is 1.40. The van der Waals surface area contributed by atoms with Crippen molar-refractivity contribution in [3.05, 3.63) is 166 Å². The standard InChI is InChI=1S/C53H44S/c1-2-34-29-35-27-28-53(42(30-34)31-35)47-16-8-6-13-44(47)51-43(15-10-17-48(51)53)46-32-41(33-50-52(46)45-14-7-9-18-49(45)54-50)40-25-23-39(24-26-40)38-21-19-37(20-22-38)36-11-4-3-5-12-36/h3-5,8-12,15-26,32-35,42H,2,7,14,27-31H2,1H3. The minimum absolute atomic E-state index is 0.0826. The summed E-state index contributed by atoms with van der Waals surface area (Å²) in [6.45, 7) is 2.42. The first-order chi connectivity index (χ1) is 26.7. The van der Waals surface area contributed by atoms with E-state index in [-0.39, 0.29) is 5.41 Å². The third-order valence-corrected chi connectivity index (χ3v) is 14.9. The lowest BCUT2D eigenvalue weighted by Crippen LogP contribution is -2.44. The van der Waals surface area contributed by atoms with Crippen LogP contribution in [-0.4, -0.2) is 0 Å². The Morgan fingerprint density at radius 2 is 1.48 bits per heavy atom. The van der Waals surface area contributed by atoms with E-state index < -0.39 is 0 Å². The normalized spacial score (nSPS) is 23.2. The zero-order chi connectivity index (χ0) is 35.8. The highest BCUT2D eigenvalue weighted by Gasteiger charge is 2.55. The molecule has 2 saturated carbocycles. The summed E-state index contributed by atoms with van der Waals surface area (Å²) in [5, 5.41) is 1.46. The number of benzene rings is 5. The molecule has 5 aromatic carbocycles. The van der Waals surface area contributed by atoms with Gasteiger partial charge in [-0.3, -0.25) is 0 Å². The molecule has 5 aliphatic carbocycles. The van der Waals surface area contributed by atoms with E-state index in [0.717, 1.165) is 24.7 Å². The zero-order valence-electron chi connectivity index (χ0n) is 31.0. The van der Waals surface area contributed by atoms with Crippen LogP contribution in [0.2, 0.25) is 0 Å². The minimum Gasteiger partial charge on any atom is -0.136 e. The maximum atomic E-state index is 3.74. The van der Waals surface area contributed by atoms with Crippen molar-refractivity contribution in [1.29, 1.82) is 0 Å². The molecular weight excluding hydrogens is 669 g/mol. The Morgan fingerprint density at radius 1 is 0.741 bits per heavy atom. The Labute approximate surface area is 323 Å². The number of fused-ring (bicyclic) bond motifs is 11. The van der Waals surface area contributed by atoms with Crippen molar-refractivity contribution in [3.8, 4) is 44.5 Å². The largest absolute Gasteiger partial charge is 0.136 e. The van der Waals surface area contributed by atoms with Crippen molar-refractivity contribution in [3.63, 3.8) is 0 Å². The molecule has 0 amide bonds. The first-order valence-corrected chi connectivity index (χ1v) is 21.1. The second-order valence-electron chi connectivity index (χ2n) is 16.5. The molecule has 0 aliphatic heterocycles. The average Bonchev–Trinajstić information content (AvgIpc) is 3.76. The fraction of sp³-hybridized carbons (Fsp3) is 0.245. The molecule has 4 atom stereocenters. The van der Waals surface area contributed by atoms with Crippen LogP contribution in [0.5, 0.6) is 0 Å². The molecular formula is C53H44S. The van der Waals surface area contributed by atoms with Gasteiger partial charge in [-0.25, -0.2) is 0 Å². The number of thiophene rings is 1. The van der Waals surface area contributed by atoms with Gasteiger partial charge in [0.25, 0.3) is 0 Å². The van der Waals surface area contributed by atoms with Gasteiger partial charge in [0.2, 0.25) is 0 Å². The van der Waals surface area contributed by atoms with Gasteiger partial charge >= 0.3 is 0 Å². The Hall–Kier alpha value is -5.16. The van der Waals surface area contributed by atoms with Crippen LogP contribution in [0.3, 0.4) is 0 Å². The van der Waals surface area contributed by atoms with Gasteiger partial charge in [-0.2, -0.15) is 0 Å². The SMILES string of the molecule is CCC1CC2CCC3(C4=CC=C=C=C4c4c(-c5cc(-c6ccc(-c7ccc(-c8ccccc8)cc7)cc6)cc6sc7c(c56)CCC=C7)cccc43)C(C1)C2. The van der Waals surface area contributed by atoms with Crippen LogP contribution in [0, 0.1) is 17.8 Å². The molecule has 1 aromatic heterocycles. The second kappa shape index (κ2) is 12.7. The van der Waals surface area contributed by atoms with Crippen LogP contribution in [0.25, 0.3) is 66.2 Å². The van der Waals surface area contributed by atoms with E-state index in [1.807, 2.05) is 11.3 Å². The number of rotatable bonds is 5. The van der Waals surface area contributed by atoms with Gasteiger partial charge in [-0.15, -0.1) is 11.3 Å². The lowest BCUT2D eigenvalue weighted by atomic mass is 9.53. The van der Waals surface area contributed by atoms with E-state index in [0.29, 0.717) is 5.92 Å². The quantitative estimate of drug-likeness (QED) is 0.156. The van der Waals surface area contributed by atoms with Gasteiger partial charge in [0, 0.05) is 31.5 Å². The number of hydrogen-bond donors (Lipinski definition) is 0. The number of aryl methyl sites for hydroxylation is 1. The van der Waals surface area contributed by atoms with Crippen LogP contribution < -0.4 is 0 Å². The van der Waals surface area contributed by atoms with E-state index in [4.69, 9.17) is 0 Å². The predicted octanol–water partition coefficient (Wildman–Crippen LogP) is 14.6. The van der Waals surface area contributed by atoms with Crippen molar-refractivity contribution < 1.29 is 0 Å². The maximum absolute atomic E-state index is 3.74. The van der Waals surface area contributed by atoms with Crippen molar-refractivity contribution >= 4 is 33.1 Å². The summed E-state index contributed by atoms with van der Waals surface area (Å²) in [7, 11) is 0. The van der Waals surface area contributed by atoms with Crippen molar-refractivity contribution in [2.75, 3.05) is 0 Å². The lowest BCUT2D eigenvalue weighted by molar-refractivity contribution is 0.0777. The van der Waals surface area contributed by atoms with Crippen LogP contribution in [0.15, 0.2) is 144 Å². The second-order valence-corrected chi connectivity index (χ2v) is 17.6. The van der Waals surface area contributed by atoms with Crippen LogP contribution in [-0.2, 0) is 11.8 Å². The molecule has 262 valence electrons. The molecule has 2 fully saturated rings. The fourth-order valence-electron chi connectivity index (χ4n) is 11.2. The first kappa shape index (κ1) is 32.3. The molecule has 0 nitrogen and oxygen atoms in total. The van der Waals surface area contributed by atoms with Crippen molar-refractivity contribution in [2.45, 2.75) is 63.7 Å². The molecule has 54 heavy (non-hydrogen) atoms. The van der Waals surface area contributed by atoms with Crippen LogP contribution >= 0.6 is 11.3 Å². The molecule has 0 saturated heterocycles. The Balaban J connectivity index is 1.05. The third kappa shape index (κ3) is 4.96. The summed E-state index contributed by atoms with van der Waals surface area (Å²) in [5.41, 5.74) is 24.9. The molecule has 2 bridgehead atoms. The number of hydrogen-bond acceptors (Lipinski definition) is 1. The minimum atomic E-state index is 0.0826. The van der Waals surface area contributed by atoms with Crippen LogP contribution in [0.4, 0.5) is 0 Å². The van der Waals surface area contributed by atoms with Crippen molar-refractivity contribution in [2.24, 2.45) is 17.8 Å². The molecule has 0 radical (unpaired) electrons. The number of allylic oxidation sites excluding steroid dienone is 5. The van der Waals surface area contributed by atoms with Gasteiger partial charge in [0.05, 0.1) is 0 Å². The van der Waals surface area contributed by atoms with E-state index in [2.05, 4.69) is 152 Å². The van der Waals surface area contributed by atoms with Crippen molar-refractivity contribution in [1.82, 2.24) is 0 Å². The lowest BCUT2D eigenvalue weighted by Gasteiger charge is -2.51. The van der Waals surface area contributed by atoms with Gasteiger partial charge in [0.15, 0.2) is 0 Å². The fourth-order valence-corrected chi connectivity index (χ4v) is 12.5. The molecule has 5 aliphatic rings. The smallest absolute Gasteiger partial charge is 0.0372 e. The molecule has 11 rings (SSSR count). The summed E-state index contributed by atoms with van der Waals surface area (Å²) in [4.78, 5) is 1.43. The molecule has 0 N–H and O–H groups in total. The van der Waals surface area contributed by atoms with E-state index in [1.54, 1.807) is 5.56 Å². The average molecular weight is 713 g/mol. The molecule has 4 unspecified atom stereocenters. The topological polar surface area (TPSA) is 0 Å².